The standard InChI is InChI=1S/C47H57FN12O5/c1-29-37(23-31(48)24-41(29)54-43(63)39(49)27-59(51)47(2,3)4)40-13-16-52-46(55-40)53-32-5-7-33(8-6-32)58-21-19-56(20-22-58)26-30-14-17-57(18-15-30)34-9-11-36-38(25-34)45(65)60(44(36)64)35(28-61)10-12-42(50)62/h5-9,11,13,16,23-25,27-28,30,35H,10,12,14-15,17-22,26,49,51H2,1-4H3,(H2,50,62)(H,54,63)(H,52,53,55)/b39-27-. The molecule has 342 valence electrons. The number of anilines is 5. The summed E-state index contributed by atoms with van der Waals surface area (Å²) in [5, 5.41) is 7.29. The zero-order chi connectivity index (χ0) is 46.6. The maximum absolute atomic E-state index is 14.9. The lowest BCUT2D eigenvalue weighted by molar-refractivity contribution is -0.118. The van der Waals surface area contributed by atoms with E-state index >= 15 is 0 Å². The lowest BCUT2D eigenvalue weighted by Crippen LogP contribution is -2.49. The molecule has 0 saturated carbocycles. The number of hydrogen-bond donors (Lipinski definition) is 5. The number of rotatable bonds is 15. The molecule has 4 aromatic rings. The van der Waals surface area contributed by atoms with Gasteiger partial charge in [-0.25, -0.2) is 20.2 Å². The molecule has 3 aliphatic rings. The van der Waals surface area contributed by atoms with Crippen LogP contribution in [-0.4, -0.2) is 112 Å². The first-order chi connectivity index (χ1) is 31.0. The summed E-state index contributed by atoms with van der Waals surface area (Å²) in [7, 11) is 0. The van der Waals surface area contributed by atoms with Gasteiger partial charge in [0.1, 0.15) is 17.8 Å². The Hall–Kier alpha value is -6.92. The van der Waals surface area contributed by atoms with E-state index in [4.69, 9.17) is 17.3 Å². The minimum Gasteiger partial charge on any atom is -0.393 e. The highest BCUT2D eigenvalue weighted by atomic mass is 19.1. The van der Waals surface area contributed by atoms with Gasteiger partial charge in [-0.3, -0.25) is 29.0 Å². The van der Waals surface area contributed by atoms with Crippen LogP contribution in [0.15, 0.2) is 78.8 Å². The van der Waals surface area contributed by atoms with E-state index in [1.807, 2.05) is 39.0 Å². The largest absolute Gasteiger partial charge is 0.393 e. The molecule has 4 amide bonds. The summed E-state index contributed by atoms with van der Waals surface area (Å²) in [6.07, 6.45) is 5.35. The van der Waals surface area contributed by atoms with Gasteiger partial charge in [0.15, 0.2) is 0 Å². The Morgan fingerprint density at radius 1 is 0.892 bits per heavy atom. The number of piperidine rings is 1. The number of nitrogens with one attached hydrogen (secondary N) is 2. The van der Waals surface area contributed by atoms with Gasteiger partial charge in [0.05, 0.1) is 22.9 Å². The molecule has 2 fully saturated rings. The first-order valence-corrected chi connectivity index (χ1v) is 21.8. The number of carbonyl (C=O) groups excluding carboxylic acids is 5. The van der Waals surface area contributed by atoms with Crippen LogP contribution in [0.25, 0.3) is 11.3 Å². The van der Waals surface area contributed by atoms with Crippen LogP contribution in [0.4, 0.5) is 33.1 Å². The lowest BCUT2D eigenvalue weighted by Gasteiger charge is -2.40. The van der Waals surface area contributed by atoms with Crippen LogP contribution >= 0.6 is 0 Å². The lowest BCUT2D eigenvalue weighted by atomic mass is 9.95. The third-order valence-electron chi connectivity index (χ3n) is 12.3. The van der Waals surface area contributed by atoms with Crippen molar-refractivity contribution in [3.8, 4) is 11.3 Å². The number of hydrogen-bond acceptors (Lipinski definition) is 14. The van der Waals surface area contributed by atoms with E-state index < -0.39 is 41.0 Å². The molecule has 0 spiro atoms. The number of fused-ring (bicyclic) bond motifs is 1. The number of halogens is 1. The molecule has 18 heteroatoms. The van der Waals surface area contributed by atoms with Gasteiger partial charge in [0.2, 0.25) is 11.9 Å². The van der Waals surface area contributed by atoms with Crippen molar-refractivity contribution in [2.24, 2.45) is 23.2 Å². The Bertz CT molecular complexity index is 2480. The second-order valence-corrected chi connectivity index (χ2v) is 17.8. The van der Waals surface area contributed by atoms with Crippen LogP contribution in [-0.2, 0) is 14.4 Å². The van der Waals surface area contributed by atoms with E-state index in [1.165, 1.54) is 23.3 Å². The predicted octanol–water partition coefficient (Wildman–Crippen LogP) is 4.52. The Balaban J connectivity index is 0.886. The van der Waals surface area contributed by atoms with E-state index in [0.29, 0.717) is 35.0 Å². The third-order valence-corrected chi connectivity index (χ3v) is 12.3. The number of benzene rings is 3. The van der Waals surface area contributed by atoms with Gasteiger partial charge in [-0.05, 0) is 119 Å². The highest BCUT2D eigenvalue weighted by molar-refractivity contribution is 6.22. The molecule has 4 heterocycles. The Morgan fingerprint density at radius 3 is 2.22 bits per heavy atom. The van der Waals surface area contributed by atoms with Crippen molar-refractivity contribution in [1.29, 1.82) is 0 Å². The van der Waals surface area contributed by atoms with Gasteiger partial charge in [-0.1, -0.05) is 0 Å². The molecule has 1 unspecified atom stereocenters. The van der Waals surface area contributed by atoms with Crippen molar-refractivity contribution in [2.75, 3.05) is 66.2 Å². The molecule has 0 radical (unpaired) electrons. The summed E-state index contributed by atoms with van der Waals surface area (Å²) >= 11 is 0. The number of nitrogens with two attached hydrogens (primary N) is 3. The topological polar surface area (TPSA) is 229 Å². The summed E-state index contributed by atoms with van der Waals surface area (Å²) in [6, 6.07) is 16.6. The minimum absolute atomic E-state index is 0.00177. The highest BCUT2D eigenvalue weighted by Gasteiger charge is 2.40. The molecular weight excluding hydrogens is 832 g/mol. The van der Waals surface area contributed by atoms with Crippen molar-refractivity contribution >= 4 is 58.6 Å². The van der Waals surface area contributed by atoms with Gasteiger partial charge < -0.3 is 41.7 Å². The van der Waals surface area contributed by atoms with Gasteiger partial charge in [-0.2, -0.15) is 0 Å². The number of imide groups is 1. The van der Waals surface area contributed by atoms with Crippen molar-refractivity contribution in [2.45, 2.75) is 65.0 Å². The predicted molar refractivity (Wildman–Crippen MR) is 247 cm³/mol. The fraction of sp³-hybridized carbons (Fsp3) is 0.383. The molecular formula is C47H57FN12O5. The maximum Gasteiger partial charge on any atom is 0.273 e. The number of carbonyl (C=O) groups is 5. The zero-order valence-corrected chi connectivity index (χ0v) is 37.2. The quantitative estimate of drug-likeness (QED) is 0.0364. The first-order valence-electron chi connectivity index (χ1n) is 21.8. The molecule has 2 saturated heterocycles. The highest BCUT2D eigenvalue weighted by Crippen LogP contribution is 2.33. The van der Waals surface area contributed by atoms with Crippen molar-refractivity contribution in [3.63, 3.8) is 0 Å². The Labute approximate surface area is 377 Å². The summed E-state index contributed by atoms with van der Waals surface area (Å²) in [5.74, 6) is 4.05. The fourth-order valence-electron chi connectivity index (χ4n) is 8.35. The third kappa shape index (κ3) is 10.7. The molecule has 3 aliphatic heterocycles. The second-order valence-electron chi connectivity index (χ2n) is 17.8. The van der Waals surface area contributed by atoms with Crippen molar-refractivity contribution in [1.82, 2.24) is 24.8 Å². The van der Waals surface area contributed by atoms with Gasteiger partial charge in [-0.15, -0.1) is 0 Å². The molecule has 3 aromatic carbocycles. The first kappa shape index (κ1) is 46.1. The average molecular weight is 889 g/mol. The van der Waals surface area contributed by atoms with E-state index in [2.05, 4.69) is 47.4 Å². The van der Waals surface area contributed by atoms with Crippen molar-refractivity contribution < 1.29 is 28.4 Å². The summed E-state index contributed by atoms with van der Waals surface area (Å²) in [4.78, 5) is 79.4. The smallest absolute Gasteiger partial charge is 0.273 e. The van der Waals surface area contributed by atoms with Crippen LogP contribution in [0.3, 0.4) is 0 Å². The molecule has 65 heavy (non-hydrogen) atoms. The van der Waals surface area contributed by atoms with Crippen molar-refractivity contribution in [3.05, 3.63) is 101 Å². The zero-order valence-electron chi connectivity index (χ0n) is 37.2. The van der Waals surface area contributed by atoms with E-state index in [0.717, 1.165) is 80.6 Å². The summed E-state index contributed by atoms with van der Waals surface area (Å²) in [5.41, 5.74) is 15.8. The van der Waals surface area contributed by atoms with Crippen LogP contribution in [0.5, 0.6) is 0 Å². The van der Waals surface area contributed by atoms with E-state index in [9.17, 15) is 28.4 Å². The molecule has 8 N–H and O–H groups in total. The van der Waals surface area contributed by atoms with Crippen LogP contribution in [0, 0.1) is 18.7 Å². The summed E-state index contributed by atoms with van der Waals surface area (Å²) < 4.78 is 14.9. The Morgan fingerprint density at radius 2 is 1.55 bits per heavy atom. The average Bonchev–Trinajstić information content (AvgIpc) is 3.53. The van der Waals surface area contributed by atoms with Crippen LogP contribution < -0.4 is 37.7 Å². The Kier molecular flexibility index (Phi) is 13.8. The minimum atomic E-state index is -1.04. The number of primary amides is 1. The molecule has 1 aromatic heterocycles. The fourth-order valence-corrected chi connectivity index (χ4v) is 8.35. The van der Waals surface area contributed by atoms with E-state index in [1.54, 1.807) is 31.3 Å². The molecule has 0 bridgehead atoms. The number of piperazine rings is 1. The van der Waals surface area contributed by atoms with Crippen LogP contribution in [0.2, 0.25) is 0 Å². The van der Waals surface area contributed by atoms with E-state index in [-0.39, 0.29) is 35.4 Å². The molecule has 17 nitrogen and oxygen atoms in total. The normalized spacial score (nSPS) is 16.6. The number of aromatic nitrogens is 2. The monoisotopic (exact) mass is 888 g/mol. The number of nitrogens with zero attached hydrogens (tertiary/aromatic N) is 7. The molecule has 0 aliphatic carbocycles. The number of aldehydes is 1. The van der Waals surface area contributed by atoms with Gasteiger partial charge >= 0.3 is 0 Å². The van der Waals surface area contributed by atoms with Crippen LogP contribution in [0.1, 0.15) is 72.7 Å². The van der Waals surface area contributed by atoms with Gasteiger partial charge in [0.25, 0.3) is 17.7 Å². The SMILES string of the molecule is Cc1c(NC(=O)/C(N)=C/N(N)C(C)(C)C)cc(F)cc1-c1ccnc(Nc2ccc(N3CCN(CC4CCN(c5ccc6c(c5)C(=O)N(C(C=O)CCC(N)=O)C6=O)CC4)CC3)cc2)n1. The second kappa shape index (κ2) is 19.4. The summed E-state index contributed by atoms with van der Waals surface area (Å²) in [6.45, 7) is 13.7. The maximum atomic E-state index is 14.9. The number of hydrazine groups is 1. The number of amides is 4. The van der Waals surface area contributed by atoms with Gasteiger partial charge in [0, 0.05) is 98.5 Å². The molecule has 1 atom stereocenters. The molecule has 7 rings (SSSR count).